The summed E-state index contributed by atoms with van der Waals surface area (Å²) in [6.45, 7) is 11.9. The molecule has 0 heterocycles. The summed E-state index contributed by atoms with van der Waals surface area (Å²) < 4.78 is 5.27. The molecule has 23 heavy (non-hydrogen) atoms. The van der Waals surface area contributed by atoms with Gasteiger partial charge in [-0.2, -0.15) is 0 Å². The minimum Gasteiger partial charge on any atom is -0.456 e. The maximum atomic E-state index is 12.2. The van der Waals surface area contributed by atoms with Gasteiger partial charge in [0.05, 0.1) is 7.05 Å². The number of esters is 1. The average Bonchev–Trinajstić information content (AvgIpc) is 2.30. The highest BCUT2D eigenvalue weighted by Gasteiger charge is 2.21. The van der Waals surface area contributed by atoms with Gasteiger partial charge in [0.25, 0.3) is 5.91 Å². The quantitative estimate of drug-likeness (QED) is 0.806. The number of carbonyl (C=O) groups excluding carboxylic acids is 2. The zero-order valence-corrected chi connectivity index (χ0v) is 15.3. The van der Waals surface area contributed by atoms with Crippen molar-refractivity contribution in [2.24, 2.45) is 0 Å². The Bertz CT molecular complexity index is 565. The van der Waals surface area contributed by atoms with Crippen LogP contribution in [0.15, 0.2) is 12.1 Å². The number of amides is 1. The highest BCUT2D eigenvalue weighted by atomic mass is 16.6. The molecule has 0 aliphatic heterocycles. The molecular formula is C18H29N2O3+. The lowest BCUT2D eigenvalue weighted by atomic mass is 10.1. The first-order valence-electron chi connectivity index (χ1n) is 7.89. The first kappa shape index (κ1) is 19.2. The molecule has 5 heteroatoms. The summed E-state index contributed by atoms with van der Waals surface area (Å²) in [5.41, 5.74) is 3.60. The third kappa shape index (κ3) is 6.82. The van der Waals surface area contributed by atoms with Crippen molar-refractivity contribution in [3.8, 4) is 0 Å². The lowest BCUT2D eigenvalue weighted by Gasteiger charge is -2.21. The van der Waals surface area contributed by atoms with Crippen LogP contribution in [0.1, 0.15) is 37.5 Å². The van der Waals surface area contributed by atoms with Crippen molar-refractivity contribution in [1.29, 1.82) is 0 Å². The number of quaternary nitrogens is 1. The first-order chi connectivity index (χ1) is 10.5. The molecular weight excluding hydrogens is 292 g/mol. The lowest BCUT2D eigenvalue weighted by molar-refractivity contribution is -0.863. The average molecular weight is 321 g/mol. The Kier molecular flexibility index (Phi) is 6.33. The van der Waals surface area contributed by atoms with E-state index in [2.05, 4.69) is 5.32 Å². The van der Waals surface area contributed by atoms with Crippen LogP contribution in [0.3, 0.4) is 0 Å². The molecule has 5 nitrogen and oxygen atoms in total. The standard InChI is InChI=1S/C18H28N2O3/c1-12-8-13(2)17(14(3)9-12)19-15(21)10-20(7)11-16(22)23-18(4,5)6/h8-9H,10-11H2,1-7H3,(H,19,21)/p+1. The van der Waals surface area contributed by atoms with Gasteiger partial charge >= 0.3 is 5.97 Å². The number of benzene rings is 1. The van der Waals surface area contributed by atoms with E-state index in [0.29, 0.717) is 0 Å². The van der Waals surface area contributed by atoms with Crippen LogP contribution in [0.4, 0.5) is 5.69 Å². The van der Waals surface area contributed by atoms with Crippen molar-refractivity contribution in [3.63, 3.8) is 0 Å². The van der Waals surface area contributed by atoms with Crippen molar-refractivity contribution in [2.75, 3.05) is 25.5 Å². The van der Waals surface area contributed by atoms with Gasteiger partial charge in [0.15, 0.2) is 13.1 Å². The Morgan fingerprint density at radius 1 is 1.09 bits per heavy atom. The molecule has 0 bridgehead atoms. The van der Waals surface area contributed by atoms with Crippen LogP contribution in [-0.2, 0) is 14.3 Å². The van der Waals surface area contributed by atoms with E-state index in [0.717, 1.165) is 21.7 Å². The second-order valence-electron chi connectivity index (χ2n) is 7.22. The van der Waals surface area contributed by atoms with Gasteiger partial charge in [-0.25, -0.2) is 4.79 Å². The molecule has 1 amide bonds. The fraction of sp³-hybridized carbons (Fsp3) is 0.556. The monoisotopic (exact) mass is 321 g/mol. The predicted octanol–water partition coefficient (Wildman–Crippen LogP) is 1.41. The first-order valence-corrected chi connectivity index (χ1v) is 7.89. The molecule has 0 aliphatic carbocycles. The fourth-order valence-corrected chi connectivity index (χ4v) is 2.52. The van der Waals surface area contributed by atoms with Crippen LogP contribution in [0.25, 0.3) is 0 Å². The molecule has 0 aliphatic rings. The van der Waals surface area contributed by atoms with Crippen LogP contribution in [0, 0.1) is 20.8 Å². The van der Waals surface area contributed by atoms with E-state index in [4.69, 9.17) is 4.74 Å². The minimum absolute atomic E-state index is 0.110. The Hall–Kier alpha value is -1.88. The van der Waals surface area contributed by atoms with Gasteiger partial charge in [-0.15, -0.1) is 0 Å². The van der Waals surface area contributed by atoms with E-state index in [1.807, 2.05) is 53.7 Å². The largest absolute Gasteiger partial charge is 0.456 e. The van der Waals surface area contributed by atoms with Crippen LogP contribution in [0.5, 0.6) is 0 Å². The van der Waals surface area contributed by atoms with E-state index in [9.17, 15) is 9.59 Å². The number of nitrogens with one attached hydrogen (secondary N) is 2. The number of carbonyl (C=O) groups is 2. The van der Waals surface area contributed by atoms with Gasteiger partial charge in [-0.1, -0.05) is 17.7 Å². The van der Waals surface area contributed by atoms with Gasteiger partial charge in [-0.3, -0.25) is 4.79 Å². The smallest absolute Gasteiger partial charge is 0.362 e. The Labute approximate surface area is 139 Å². The molecule has 0 radical (unpaired) electrons. The van der Waals surface area contributed by atoms with Gasteiger partial charge < -0.3 is 15.0 Å². The topological polar surface area (TPSA) is 59.8 Å². The van der Waals surface area contributed by atoms with Gasteiger partial charge in [-0.05, 0) is 52.7 Å². The molecule has 1 aromatic rings. The zero-order chi connectivity index (χ0) is 17.8. The number of hydrogen-bond donors (Lipinski definition) is 2. The fourth-order valence-electron chi connectivity index (χ4n) is 2.52. The van der Waals surface area contributed by atoms with Gasteiger partial charge in [0.1, 0.15) is 5.60 Å². The molecule has 0 spiro atoms. The van der Waals surface area contributed by atoms with Gasteiger partial charge in [0, 0.05) is 5.69 Å². The van der Waals surface area contributed by atoms with E-state index in [1.165, 1.54) is 5.56 Å². The summed E-state index contributed by atoms with van der Waals surface area (Å²) >= 11 is 0. The van der Waals surface area contributed by atoms with E-state index in [-0.39, 0.29) is 25.0 Å². The van der Waals surface area contributed by atoms with E-state index < -0.39 is 5.60 Å². The second-order valence-corrected chi connectivity index (χ2v) is 7.22. The summed E-state index contributed by atoms with van der Waals surface area (Å²) in [6, 6.07) is 4.08. The van der Waals surface area contributed by atoms with Crippen molar-refractivity contribution in [1.82, 2.24) is 0 Å². The number of hydrogen-bond acceptors (Lipinski definition) is 3. The summed E-state index contributed by atoms with van der Waals surface area (Å²) in [5, 5.41) is 2.95. The molecule has 1 rings (SSSR count). The number of ether oxygens (including phenoxy) is 1. The normalized spacial score (nSPS) is 12.7. The van der Waals surface area contributed by atoms with Crippen LogP contribution >= 0.6 is 0 Å². The van der Waals surface area contributed by atoms with Crippen LogP contribution in [-0.4, -0.2) is 37.6 Å². The molecule has 1 aromatic carbocycles. The minimum atomic E-state index is -0.504. The molecule has 0 saturated heterocycles. The number of likely N-dealkylation sites (N-methyl/N-ethyl adjacent to an activating group) is 1. The Morgan fingerprint density at radius 3 is 2.09 bits per heavy atom. The van der Waals surface area contributed by atoms with Crippen LogP contribution in [0.2, 0.25) is 0 Å². The summed E-state index contributed by atoms with van der Waals surface area (Å²) in [7, 11) is 1.80. The molecule has 2 N–H and O–H groups in total. The molecule has 1 atom stereocenters. The lowest BCUT2D eigenvalue weighted by Crippen LogP contribution is -3.11. The summed E-state index contributed by atoms with van der Waals surface area (Å²) in [4.78, 5) is 24.8. The maximum Gasteiger partial charge on any atom is 0.362 e. The molecule has 1 unspecified atom stereocenters. The number of aryl methyl sites for hydroxylation is 3. The number of rotatable bonds is 5. The molecule has 0 aromatic heterocycles. The highest BCUT2D eigenvalue weighted by molar-refractivity contribution is 5.93. The van der Waals surface area contributed by atoms with E-state index >= 15 is 0 Å². The molecule has 128 valence electrons. The van der Waals surface area contributed by atoms with Crippen LogP contribution < -0.4 is 10.2 Å². The maximum absolute atomic E-state index is 12.2. The Morgan fingerprint density at radius 2 is 1.61 bits per heavy atom. The molecule has 0 fully saturated rings. The van der Waals surface area contributed by atoms with Crippen molar-refractivity contribution >= 4 is 17.6 Å². The summed E-state index contributed by atoms with van der Waals surface area (Å²) in [5.74, 6) is -0.411. The second kappa shape index (κ2) is 7.59. The third-order valence-corrected chi connectivity index (χ3v) is 3.27. The zero-order valence-electron chi connectivity index (χ0n) is 15.3. The molecule has 0 saturated carbocycles. The SMILES string of the molecule is Cc1cc(C)c(NC(=O)C[NH+](C)CC(=O)OC(C)(C)C)c(C)c1. The third-order valence-electron chi connectivity index (χ3n) is 3.27. The van der Waals surface area contributed by atoms with Gasteiger partial charge in [0.2, 0.25) is 0 Å². The van der Waals surface area contributed by atoms with Crippen molar-refractivity contribution in [3.05, 3.63) is 28.8 Å². The van der Waals surface area contributed by atoms with Crippen molar-refractivity contribution < 1.29 is 19.2 Å². The Balaban J connectivity index is 2.59. The van der Waals surface area contributed by atoms with Crippen molar-refractivity contribution in [2.45, 2.75) is 47.1 Å². The predicted molar refractivity (Wildman–Crippen MR) is 91.7 cm³/mol. The summed E-state index contributed by atoms with van der Waals surface area (Å²) in [6.07, 6.45) is 0. The van der Waals surface area contributed by atoms with E-state index in [1.54, 1.807) is 7.05 Å². The highest BCUT2D eigenvalue weighted by Crippen LogP contribution is 2.21. The number of anilines is 1.